The van der Waals surface area contributed by atoms with Crippen molar-refractivity contribution in [1.82, 2.24) is 15.1 Å². The van der Waals surface area contributed by atoms with Gasteiger partial charge in [-0.1, -0.05) is 31.0 Å². The maximum atomic E-state index is 9.62. The lowest BCUT2D eigenvalue weighted by Gasteiger charge is -2.19. The van der Waals surface area contributed by atoms with Crippen molar-refractivity contribution in [2.24, 2.45) is 0 Å². The van der Waals surface area contributed by atoms with Gasteiger partial charge in [-0.3, -0.25) is 0 Å². The van der Waals surface area contributed by atoms with Crippen LogP contribution >= 0.6 is 0 Å². The lowest BCUT2D eigenvalue weighted by molar-refractivity contribution is 0.233. The topological polar surface area (TPSA) is 50.1 Å². The molecule has 1 saturated carbocycles. The minimum Gasteiger partial charge on any atom is -0.394 e. The van der Waals surface area contributed by atoms with Crippen LogP contribution in [0.2, 0.25) is 0 Å². The molecule has 3 rings (SSSR count). The molecule has 0 saturated heterocycles. The van der Waals surface area contributed by atoms with E-state index in [-0.39, 0.29) is 12.6 Å². The van der Waals surface area contributed by atoms with Gasteiger partial charge in [0, 0.05) is 17.8 Å². The van der Waals surface area contributed by atoms with Crippen molar-refractivity contribution >= 4 is 0 Å². The maximum absolute atomic E-state index is 9.62. The molecular formula is C16H21N3O. The monoisotopic (exact) mass is 271 g/mol. The Bertz CT molecular complexity index is 532. The number of aromatic nitrogens is 2. The SMILES string of the molecule is OCC(NC1CCCC1)c1cnn(-c2ccccc2)c1. The van der Waals surface area contributed by atoms with Gasteiger partial charge in [0.25, 0.3) is 0 Å². The number of nitrogens with one attached hydrogen (secondary N) is 1. The Labute approximate surface area is 119 Å². The van der Waals surface area contributed by atoms with Crippen molar-refractivity contribution in [3.05, 3.63) is 48.3 Å². The van der Waals surface area contributed by atoms with Gasteiger partial charge in [0.1, 0.15) is 0 Å². The summed E-state index contributed by atoms with van der Waals surface area (Å²) in [6.07, 6.45) is 8.85. The van der Waals surface area contributed by atoms with Crippen LogP contribution in [0.25, 0.3) is 5.69 Å². The van der Waals surface area contributed by atoms with Crippen molar-refractivity contribution in [3.63, 3.8) is 0 Å². The highest BCUT2D eigenvalue weighted by Gasteiger charge is 2.20. The summed E-state index contributed by atoms with van der Waals surface area (Å²) in [7, 11) is 0. The van der Waals surface area contributed by atoms with Gasteiger partial charge in [0.15, 0.2) is 0 Å². The third kappa shape index (κ3) is 2.92. The molecule has 0 radical (unpaired) electrons. The van der Waals surface area contributed by atoms with Crippen LogP contribution in [0.15, 0.2) is 42.7 Å². The second kappa shape index (κ2) is 6.20. The highest BCUT2D eigenvalue weighted by molar-refractivity contribution is 5.31. The Balaban J connectivity index is 1.74. The standard InChI is InChI=1S/C16H21N3O/c20-12-16(18-14-6-4-5-7-14)13-10-17-19(11-13)15-8-2-1-3-9-15/h1-3,8-11,14,16,18,20H,4-7,12H2. The summed E-state index contributed by atoms with van der Waals surface area (Å²) in [4.78, 5) is 0. The van der Waals surface area contributed by atoms with Crippen molar-refractivity contribution in [3.8, 4) is 5.69 Å². The van der Waals surface area contributed by atoms with E-state index in [4.69, 9.17) is 0 Å². The zero-order chi connectivity index (χ0) is 13.8. The fourth-order valence-corrected chi connectivity index (χ4v) is 2.87. The molecule has 2 N–H and O–H groups in total. The molecule has 20 heavy (non-hydrogen) atoms. The molecule has 0 spiro atoms. The van der Waals surface area contributed by atoms with Crippen molar-refractivity contribution in [2.45, 2.75) is 37.8 Å². The molecule has 2 aromatic rings. The third-order valence-corrected chi connectivity index (χ3v) is 4.00. The lowest BCUT2D eigenvalue weighted by atomic mass is 10.1. The number of benzene rings is 1. The van der Waals surface area contributed by atoms with E-state index in [2.05, 4.69) is 10.4 Å². The Morgan fingerprint density at radius 1 is 1.25 bits per heavy atom. The molecule has 1 atom stereocenters. The molecule has 1 aliphatic rings. The van der Waals surface area contributed by atoms with E-state index in [1.165, 1.54) is 25.7 Å². The number of rotatable bonds is 5. The molecule has 1 heterocycles. The quantitative estimate of drug-likeness (QED) is 0.878. The Hall–Kier alpha value is -1.65. The van der Waals surface area contributed by atoms with Crippen LogP contribution in [0.5, 0.6) is 0 Å². The molecule has 1 fully saturated rings. The first-order chi connectivity index (χ1) is 9.86. The molecule has 1 aromatic carbocycles. The van der Waals surface area contributed by atoms with Gasteiger partial charge < -0.3 is 10.4 Å². The molecule has 1 aliphatic carbocycles. The summed E-state index contributed by atoms with van der Waals surface area (Å²) in [5, 5.41) is 17.6. The van der Waals surface area contributed by atoms with E-state index in [0.717, 1.165) is 11.3 Å². The smallest absolute Gasteiger partial charge is 0.0645 e. The normalized spacial score (nSPS) is 17.4. The predicted octanol–water partition coefficient (Wildman–Crippen LogP) is 2.44. The van der Waals surface area contributed by atoms with E-state index < -0.39 is 0 Å². The number of hydrogen-bond acceptors (Lipinski definition) is 3. The highest BCUT2D eigenvalue weighted by Crippen LogP contribution is 2.22. The van der Waals surface area contributed by atoms with Crippen molar-refractivity contribution in [1.29, 1.82) is 0 Å². The van der Waals surface area contributed by atoms with E-state index >= 15 is 0 Å². The molecule has 106 valence electrons. The number of nitrogens with zero attached hydrogens (tertiary/aromatic N) is 2. The first kappa shape index (κ1) is 13.3. The molecule has 0 amide bonds. The fraction of sp³-hybridized carbons (Fsp3) is 0.438. The molecule has 1 unspecified atom stereocenters. The van der Waals surface area contributed by atoms with Crippen LogP contribution in [0.1, 0.15) is 37.3 Å². The van der Waals surface area contributed by atoms with Gasteiger partial charge in [-0.05, 0) is 25.0 Å². The summed E-state index contributed by atoms with van der Waals surface area (Å²) >= 11 is 0. The van der Waals surface area contributed by atoms with E-state index in [1.54, 1.807) is 0 Å². The largest absolute Gasteiger partial charge is 0.394 e. The maximum Gasteiger partial charge on any atom is 0.0645 e. The summed E-state index contributed by atoms with van der Waals surface area (Å²) in [6, 6.07) is 10.5. The van der Waals surface area contributed by atoms with Crippen LogP contribution in [0, 0.1) is 0 Å². The average Bonchev–Trinajstić information content (AvgIpc) is 3.17. The van der Waals surface area contributed by atoms with Crippen LogP contribution < -0.4 is 5.32 Å². The Morgan fingerprint density at radius 3 is 2.70 bits per heavy atom. The van der Waals surface area contributed by atoms with Crippen molar-refractivity contribution < 1.29 is 5.11 Å². The molecular weight excluding hydrogens is 250 g/mol. The average molecular weight is 271 g/mol. The first-order valence-electron chi connectivity index (χ1n) is 7.34. The first-order valence-corrected chi connectivity index (χ1v) is 7.34. The Kier molecular flexibility index (Phi) is 4.14. The third-order valence-electron chi connectivity index (χ3n) is 4.00. The summed E-state index contributed by atoms with van der Waals surface area (Å²) in [6.45, 7) is 0.108. The number of para-hydroxylation sites is 1. The van der Waals surface area contributed by atoms with E-state index in [1.807, 2.05) is 47.4 Å². The van der Waals surface area contributed by atoms with E-state index in [0.29, 0.717) is 6.04 Å². The lowest BCUT2D eigenvalue weighted by Crippen LogP contribution is -2.32. The second-order valence-electron chi connectivity index (χ2n) is 5.44. The van der Waals surface area contributed by atoms with Gasteiger partial charge in [-0.2, -0.15) is 5.10 Å². The van der Waals surface area contributed by atoms with Gasteiger partial charge in [0.05, 0.1) is 24.5 Å². The fourth-order valence-electron chi connectivity index (χ4n) is 2.87. The molecule has 4 heteroatoms. The second-order valence-corrected chi connectivity index (χ2v) is 5.44. The van der Waals surface area contributed by atoms with Gasteiger partial charge in [-0.25, -0.2) is 4.68 Å². The van der Waals surface area contributed by atoms with Gasteiger partial charge in [0.2, 0.25) is 0 Å². The summed E-state index contributed by atoms with van der Waals surface area (Å²) in [5.41, 5.74) is 2.08. The van der Waals surface area contributed by atoms with Crippen molar-refractivity contribution in [2.75, 3.05) is 6.61 Å². The number of aliphatic hydroxyl groups excluding tert-OH is 1. The Morgan fingerprint density at radius 2 is 2.00 bits per heavy atom. The van der Waals surface area contributed by atoms with Crippen LogP contribution in [0.3, 0.4) is 0 Å². The zero-order valence-electron chi connectivity index (χ0n) is 11.6. The molecule has 0 bridgehead atoms. The number of aliphatic hydroxyl groups is 1. The molecule has 4 nitrogen and oxygen atoms in total. The van der Waals surface area contributed by atoms with Gasteiger partial charge in [-0.15, -0.1) is 0 Å². The van der Waals surface area contributed by atoms with Crippen LogP contribution in [-0.4, -0.2) is 27.5 Å². The minimum absolute atomic E-state index is 0.0180. The molecule has 1 aromatic heterocycles. The molecule has 0 aliphatic heterocycles. The highest BCUT2D eigenvalue weighted by atomic mass is 16.3. The van der Waals surface area contributed by atoms with Crippen LogP contribution in [-0.2, 0) is 0 Å². The summed E-state index contributed by atoms with van der Waals surface area (Å²) in [5.74, 6) is 0. The predicted molar refractivity (Wildman–Crippen MR) is 78.8 cm³/mol. The van der Waals surface area contributed by atoms with Gasteiger partial charge >= 0.3 is 0 Å². The van der Waals surface area contributed by atoms with Crippen LogP contribution in [0.4, 0.5) is 0 Å². The minimum atomic E-state index is -0.0180. The summed E-state index contributed by atoms with van der Waals surface area (Å²) < 4.78 is 1.86. The zero-order valence-corrected chi connectivity index (χ0v) is 11.6. The number of hydrogen-bond donors (Lipinski definition) is 2. The van der Waals surface area contributed by atoms with E-state index in [9.17, 15) is 5.11 Å².